The number of fused-ring (bicyclic) bond motifs is 1. The first-order chi connectivity index (χ1) is 16.3. The maximum absolute atomic E-state index is 13.4. The third kappa shape index (κ3) is 3.72. The van der Waals surface area contributed by atoms with Crippen molar-refractivity contribution in [1.82, 2.24) is 23.9 Å². The van der Waals surface area contributed by atoms with Gasteiger partial charge >= 0.3 is 0 Å². The SMILES string of the molecule is Cc1nc(C)n2nc(-c3cc(S(=O)(=O)N4CCN(c5ccccc5)CC4)ccc3O)[nH]c(=O)c12. The highest BCUT2D eigenvalue weighted by Gasteiger charge is 2.29. The number of benzene rings is 2. The normalized spacial score (nSPS) is 15.2. The molecule has 0 spiro atoms. The van der Waals surface area contributed by atoms with Crippen LogP contribution in [0.5, 0.6) is 5.75 Å². The number of aromatic nitrogens is 4. The number of hydrogen-bond acceptors (Lipinski definition) is 7. The van der Waals surface area contributed by atoms with Gasteiger partial charge in [-0.3, -0.25) is 4.79 Å². The number of aryl methyl sites for hydroxylation is 2. The maximum atomic E-state index is 13.4. The molecule has 11 heteroatoms. The van der Waals surface area contributed by atoms with Crippen molar-refractivity contribution in [2.45, 2.75) is 18.7 Å². The Hall–Kier alpha value is -3.70. The summed E-state index contributed by atoms with van der Waals surface area (Å²) in [4.78, 5) is 21.7. The Balaban J connectivity index is 1.46. The van der Waals surface area contributed by atoms with E-state index in [0.29, 0.717) is 43.2 Å². The van der Waals surface area contributed by atoms with Gasteiger partial charge in [0.2, 0.25) is 10.0 Å². The molecular formula is C23H24N6O4S. The molecule has 0 bridgehead atoms. The van der Waals surface area contributed by atoms with Crippen molar-refractivity contribution in [1.29, 1.82) is 0 Å². The molecule has 3 heterocycles. The van der Waals surface area contributed by atoms with Gasteiger partial charge in [-0.2, -0.15) is 4.31 Å². The zero-order valence-electron chi connectivity index (χ0n) is 18.8. The zero-order valence-corrected chi connectivity index (χ0v) is 19.6. The number of nitrogens with one attached hydrogen (secondary N) is 1. The van der Waals surface area contributed by atoms with Gasteiger partial charge in [0.1, 0.15) is 11.6 Å². The minimum Gasteiger partial charge on any atom is -0.507 e. The van der Waals surface area contributed by atoms with Gasteiger partial charge < -0.3 is 15.0 Å². The molecule has 1 aliphatic rings. The minimum atomic E-state index is -3.81. The van der Waals surface area contributed by atoms with Gasteiger partial charge in [0.05, 0.1) is 16.2 Å². The number of sulfonamides is 1. The molecule has 5 rings (SSSR count). The van der Waals surface area contributed by atoms with Crippen molar-refractivity contribution in [3.63, 3.8) is 0 Å². The molecule has 0 aliphatic carbocycles. The molecule has 4 aromatic rings. The first-order valence-corrected chi connectivity index (χ1v) is 12.3. The second-order valence-electron chi connectivity index (χ2n) is 8.21. The van der Waals surface area contributed by atoms with Crippen LogP contribution in [0.4, 0.5) is 5.69 Å². The van der Waals surface area contributed by atoms with Crippen LogP contribution in [0.3, 0.4) is 0 Å². The van der Waals surface area contributed by atoms with E-state index < -0.39 is 15.6 Å². The zero-order chi connectivity index (χ0) is 24.0. The predicted octanol–water partition coefficient (Wildman–Crippen LogP) is 1.92. The van der Waals surface area contributed by atoms with E-state index in [0.717, 1.165) is 5.69 Å². The van der Waals surface area contributed by atoms with Crippen LogP contribution in [-0.4, -0.2) is 63.6 Å². The van der Waals surface area contributed by atoms with Crippen molar-refractivity contribution in [2.24, 2.45) is 0 Å². The van der Waals surface area contributed by atoms with Crippen LogP contribution in [0.15, 0.2) is 58.2 Å². The number of para-hydroxylation sites is 1. The lowest BCUT2D eigenvalue weighted by molar-refractivity contribution is 0.385. The number of rotatable bonds is 4. The Kier molecular flexibility index (Phi) is 5.37. The van der Waals surface area contributed by atoms with Crippen molar-refractivity contribution in [2.75, 3.05) is 31.1 Å². The molecular weight excluding hydrogens is 456 g/mol. The van der Waals surface area contributed by atoms with E-state index in [1.54, 1.807) is 13.8 Å². The Morgan fingerprint density at radius 3 is 2.41 bits per heavy atom. The molecule has 0 unspecified atom stereocenters. The molecule has 1 aliphatic heterocycles. The Bertz CT molecular complexity index is 1540. The van der Waals surface area contributed by atoms with Crippen molar-refractivity contribution >= 4 is 21.2 Å². The first-order valence-electron chi connectivity index (χ1n) is 10.9. The topological polar surface area (TPSA) is 124 Å². The molecule has 1 fully saturated rings. The molecule has 10 nitrogen and oxygen atoms in total. The smallest absolute Gasteiger partial charge is 0.277 e. The summed E-state index contributed by atoms with van der Waals surface area (Å²) in [5, 5.41) is 14.9. The highest BCUT2D eigenvalue weighted by Crippen LogP contribution is 2.30. The Morgan fingerprint density at radius 1 is 1.00 bits per heavy atom. The van der Waals surface area contributed by atoms with Crippen molar-refractivity contribution in [3.05, 3.63) is 70.4 Å². The molecule has 2 aromatic heterocycles. The lowest BCUT2D eigenvalue weighted by atomic mass is 10.2. The van der Waals surface area contributed by atoms with Gasteiger partial charge in [0.15, 0.2) is 11.3 Å². The molecule has 0 saturated carbocycles. The second kappa shape index (κ2) is 8.26. The maximum Gasteiger partial charge on any atom is 0.277 e. The van der Waals surface area contributed by atoms with Crippen LogP contribution in [-0.2, 0) is 10.0 Å². The van der Waals surface area contributed by atoms with E-state index >= 15 is 0 Å². The lowest BCUT2D eigenvalue weighted by Crippen LogP contribution is -2.48. The molecule has 0 amide bonds. The Morgan fingerprint density at radius 2 is 1.71 bits per heavy atom. The quantitative estimate of drug-likeness (QED) is 0.457. The molecule has 176 valence electrons. The fourth-order valence-electron chi connectivity index (χ4n) is 4.29. The molecule has 2 aromatic carbocycles. The van der Waals surface area contributed by atoms with Crippen LogP contribution in [0.25, 0.3) is 16.9 Å². The predicted molar refractivity (Wildman–Crippen MR) is 128 cm³/mol. The van der Waals surface area contributed by atoms with E-state index in [1.165, 1.54) is 27.0 Å². The number of piperazine rings is 1. The van der Waals surface area contributed by atoms with Gasteiger partial charge in [-0.05, 0) is 44.2 Å². The number of H-pyrrole nitrogens is 1. The fourth-order valence-corrected chi connectivity index (χ4v) is 5.74. The Labute approximate surface area is 196 Å². The number of imidazole rings is 1. The number of aromatic hydroxyl groups is 1. The average Bonchev–Trinajstić information content (AvgIpc) is 3.13. The van der Waals surface area contributed by atoms with Crippen LogP contribution in [0.2, 0.25) is 0 Å². The number of aromatic amines is 1. The average molecular weight is 481 g/mol. The summed E-state index contributed by atoms with van der Waals surface area (Å²) in [5.41, 5.74) is 1.59. The van der Waals surface area contributed by atoms with Gasteiger partial charge in [0, 0.05) is 31.9 Å². The standard InChI is InChI=1S/C23H24N6O4S/c1-15-21-23(31)25-22(26-29(21)16(2)24-15)19-14-18(8-9-20(19)30)34(32,33)28-12-10-27(11-13-28)17-6-4-3-5-7-17/h3-9,14,30H,10-13H2,1-2H3,(H,25,26,31). The molecule has 0 radical (unpaired) electrons. The van der Waals surface area contributed by atoms with Gasteiger partial charge in [-0.1, -0.05) is 18.2 Å². The summed E-state index contributed by atoms with van der Waals surface area (Å²) < 4.78 is 29.6. The summed E-state index contributed by atoms with van der Waals surface area (Å²) in [6, 6.07) is 13.9. The van der Waals surface area contributed by atoms with E-state index in [2.05, 4.69) is 20.0 Å². The number of nitrogens with zero attached hydrogens (tertiary/aromatic N) is 5. The largest absolute Gasteiger partial charge is 0.507 e. The van der Waals surface area contributed by atoms with Crippen LogP contribution >= 0.6 is 0 Å². The molecule has 0 atom stereocenters. The summed E-state index contributed by atoms with van der Waals surface area (Å²) >= 11 is 0. The summed E-state index contributed by atoms with van der Waals surface area (Å²) in [5.74, 6) is 0.380. The van der Waals surface area contributed by atoms with Gasteiger partial charge in [-0.25, -0.2) is 17.9 Å². The monoisotopic (exact) mass is 480 g/mol. The lowest BCUT2D eigenvalue weighted by Gasteiger charge is -2.35. The second-order valence-corrected chi connectivity index (χ2v) is 10.2. The number of anilines is 1. The van der Waals surface area contributed by atoms with E-state index in [1.807, 2.05) is 30.3 Å². The van der Waals surface area contributed by atoms with Crippen LogP contribution < -0.4 is 10.5 Å². The third-order valence-electron chi connectivity index (χ3n) is 6.06. The van der Waals surface area contributed by atoms with Crippen LogP contribution in [0.1, 0.15) is 11.5 Å². The highest BCUT2D eigenvalue weighted by molar-refractivity contribution is 7.89. The highest BCUT2D eigenvalue weighted by atomic mass is 32.2. The number of hydrogen-bond donors (Lipinski definition) is 2. The molecule has 1 saturated heterocycles. The van der Waals surface area contributed by atoms with Crippen molar-refractivity contribution < 1.29 is 13.5 Å². The summed E-state index contributed by atoms with van der Waals surface area (Å²) in [6.45, 7) is 5.23. The van der Waals surface area contributed by atoms with E-state index in [-0.39, 0.29) is 22.0 Å². The van der Waals surface area contributed by atoms with Gasteiger partial charge in [-0.15, -0.1) is 5.10 Å². The summed E-state index contributed by atoms with van der Waals surface area (Å²) in [6.07, 6.45) is 0. The minimum absolute atomic E-state index is 0.0229. The number of phenols is 1. The van der Waals surface area contributed by atoms with E-state index in [9.17, 15) is 18.3 Å². The van der Waals surface area contributed by atoms with Gasteiger partial charge in [0.25, 0.3) is 5.56 Å². The van der Waals surface area contributed by atoms with E-state index in [4.69, 9.17) is 0 Å². The molecule has 2 N–H and O–H groups in total. The fraction of sp³-hybridized carbons (Fsp3) is 0.261. The summed E-state index contributed by atoms with van der Waals surface area (Å²) in [7, 11) is -3.81. The van der Waals surface area contributed by atoms with Crippen LogP contribution in [0, 0.1) is 13.8 Å². The first kappa shape index (κ1) is 22.1. The third-order valence-corrected chi connectivity index (χ3v) is 7.95. The number of phenolic OH excluding ortho intramolecular Hbond substituents is 1. The van der Waals surface area contributed by atoms with Crippen molar-refractivity contribution in [3.8, 4) is 17.1 Å². The molecule has 34 heavy (non-hydrogen) atoms.